The predicted octanol–water partition coefficient (Wildman–Crippen LogP) is 3.49. The summed E-state index contributed by atoms with van der Waals surface area (Å²) >= 11 is 1.61. The van der Waals surface area contributed by atoms with Gasteiger partial charge in [-0.15, -0.1) is 11.3 Å². The average Bonchev–Trinajstić information content (AvgIpc) is 3.25. The van der Waals surface area contributed by atoms with Crippen molar-refractivity contribution in [1.29, 1.82) is 0 Å². The van der Waals surface area contributed by atoms with Gasteiger partial charge in [0.25, 0.3) is 0 Å². The van der Waals surface area contributed by atoms with Crippen LogP contribution in [0.5, 0.6) is 0 Å². The Bertz CT molecular complexity index is 490. The molecule has 2 fully saturated rings. The van der Waals surface area contributed by atoms with Crippen LogP contribution in [0.3, 0.4) is 0 Å². The Labute approximate surface area is 142 Å². The number of urea groups is 1. The largest absolute Gasteiger partial charge is 0.376 e. The summed E-state index contributed by atoms with van der Waals surface area (Å²) in [5.74, 6) is 1.19. The molecule has 1 aromatic rings. The van der Waals surface area contributed by atoms with Crippen molar-refractivity contribution < 1.29 is 9.53 Å². The van der Waals surface area contributed by atoms with E-state index in [9.17, 15) is 4.79 Å². The lowest BCUT2D eigenvalue weighted by atomic mass is 9.88. The van der Waals surface area contributed by atoms with Crippen molar-refractivity contribution in [2.24, 2.45) is 11.8 Å². The van der Waals surface area contributed by atoms with Crippen molar-refractivity contribution in [3.05, 3.63) is 16.6 Å². The van der Waals surface area contributed by atoms with Crippen LogP contribution in [-0.4, -0.2) is 30.3 Å². The Kier molecular flexibility index (Phi) is 5.89. The number of hydrogen-bond donors (Lipinski definition) is 2. The summed E-state index contributed by atoms with van der Waals surface area (Å²) in [4.78, 5) is 16.4. The number of rotatable bonds is 7. The topological polar surface area (TPSA) is 63.2 Å². The minimum atomic E-state index is -0.114. The predicted molar refractivity (Wildman–Crippen MR) is 91.5 cm³/mol. The molecule has 6 heteroatoms. The second-order valence-corrected chi connectivity index (χ2v) is 7.68. The minimum Gasteiger partial charge on any atom is -0.376 e. The van der Waals surface area contributed by atoms with Crippen LogP contribution in [0.2, 0.25) is 0 Å². The molecule has 0 unspecified atom stereocenters. The van der Waals surface area contributed by atoms with E-state index in [-0.39, 0.29) is 12.1 Å². The molecule has 2 aliphatic carbocycles. The van der Waals surface area contributed by atoms with Crippen LogP contribution < -0.4 is 10.6 Å². The van der Waals surface area contributed by atoms with E-state index in [0.29, 0.717) is 31.1 Å². The van der Waals surface area contributed by atoms with E-state index in [1.54, 1.807) is 17.5 Å². The number of ether oxygens (including phenoxy) is 1. The number of thiazole rings is 1. The molecule has 1 heterocycles. The molecule has 5 nitrogen and oxygen atoms in total. The Morgan fingerprint density at radius 1 is 1.39 bits per heavy atom. The van der Waals surface area contributed by atoms with Crippen molar-refractivity contribution in [3.63, 3.8) is 0 Å². The fraction of sp³-hybridized carbons (Fsp3) is 0.765. The molecular weight excluding hydrogens is 310 g/mol. The van der Waals surface area contributed by atoms with Gasteiger partial charge in [0.1, 0.15) is 5.01 Å². The summed E-state index contributed by atoms with van der Waals surface area (Å²) in [5.41, 5.74) is 0. The zero-order valence-corrected chi connectivity index (χ0v) is 14.6. The number of hydrogen-bond acceptors (Lipinski definition) is 4. The van der Waals surface area contributed by atoms with Crippen LogP contribution in [0.1, 0.15) is 56.5 Å². The molecule has 2 amide bonds. The summed E-state index contributed by atoms with van der Waals surface area (Å²) in [6, 6.07) is -0.0494. The molecule has 0 aromatic carbocycles. The first-order valence-corrected chi connectivity index (χ1v) is 9.67. The van der Waals surface area contributed by atoms with Crippen molar-refractivity contribution in [1.82, 2.24) is 15.6 Å². The van der Waals surface area contributed by atoms with Crippen molar-refractivity contribution in [3.8, 4) is 0 Å². The van der Waals surface area contributed by atoms with E-state index in [4.69, 9.17) is 4.74 Å². The number of nitrogens with one attached hydrogen (secondary N) is 2. The second-order valence-electron chi connectivity index (χ2n) is 6.76. The molecular formula is C17H27N3O2S. The maximum Gasteiger partial charge on any atom is 0.315 e. The van der Waals surface area contributed by atoms with Gasteiger partial charge < -0.3 is 15.4 Å². The molecule has 3 atom stereocenters. The molecule has 3 rings (SSSR count). The van der Waals surface area contributed by atoms with Crippen LogP contribution in [0.15, 0.2) is 11.6 Å². The Morgan fingerprint density at radius 3 is 2.91 bits per heavy atom. The summed E-state index contributed by atoms with van der Waals surface area (Å²) in [6.45, 7) is 3.41. The molecule has 0 spiro atoms. The minimum absolute atomic E-state index is 0.0642. The van der Waals surface area contributed by atoms with Gasteiger partial charge in [0.2, 0.25) is 0 Å². The maximum absolute atomic E-state index is 12.1. The zero-order chi connectivity index (χ0) is 16.1. The third-order valence-electron chi connectivity index (χ3n) is 4.85. The fourth-order valence-corrected chi connectivity index (χ4v) is 4.08. The van der Waals surface area contributed by atoms with E-state index in [1.807, 2.05) is 5.38 Å². The van der Waals surface area contributed by atoms with Crippen molar-refractivity contribution in [2.75, 3.05) is 13.2 Å². The lowest BCUT2D eigenvalue weighted by Gasteiger charge is -2.28. The molecule has 0 bridgehead atoms. The molecule has 2 saturated carbocycles. The first-order chi connectivity index (χ1) is 11.2. The Morgan fingerprint density at radius 2 is 2.22 bits per heavy atom. The Balaban J connectivity index is 1.36. The first-order valence-electron chi connectivity index (χ1n) is 8.79. The third-order valence-corrected chi connectivity index (χ3v) is 5.71. The molecule has 0 saturated heterocycles. The summed E-state index contributed by atoms with van der Waals surface area (Å²) in [6.07, 6.45) is 9.51. The highest BCUT2D eigenvalue weighted by atomic mass is 32.1. The highest BCUT2D eigenvalue weighted by molar-refractivity contribution is 7.09. The van der Waals surface area contributed by atoms with E-state index < -0.39 is 0 Å². The van der Waals surface area contributed by atoms with Gasteiger partial charge in [0.15, 0.2) is 0 Å². The van der Waals surface area contributed by atoms with Gasteiger partial charge in [-0.1, -0.05) is 19.8 Å². The lowest BCUT2D eigenvalue weighted by Crippen LogP contribution is -2.40. The normalized spacial score (nSPS) is 25.8. The van der Waals surface area contributed by atoms with E-state index in [0.717, 1.165) is 11.4 Å². The van der Waals surface area contributed by atoms with E-state index >= 15 is 0 Å². The molecule has 2 N–H and O–H groups in total. The van der Waals surface area contributed by atoms with Gasteiger partial charge in [0.05, 0.1) is 18.8 Å². The molecule has 23 heavy (non-hydrogen) atoms. The SMILES string of the molecule is C[C@@H]1CCCC[C@H]1OCCNC(=O)N[C@H](c1nccs1)C1CC1. The molecule has 128 valence electrons. The molecule has 1 aromatic heterocycles. The summed E-state index contributed by atoms with van der Waals surface area (Å²) in [7, 11) is 0. The second kappa shape index (κ2) is 8.11. The number of carbonyl (C=O) groups excluding carboxylic acids is 1. The lowest BCUT2D eigenvalue weighted by molar-refractivity contribution is -0.00245. The third kappa shape index (κ3) is 4.91. The smallest absolute Gasteiger partial charge is 0.315 e. The van der Waals surface area contributed by atoms with Crippen LogP contribution in [0.25, 0.3) is 0 Å². The highest BCUT2D eigenvalue weighted by Gasteiger charge is 2.34. The molecule has 2 aliphatic rings. The van der Waals surface area contributed by atoms with Gasteiger partial charge in [-0.2, -0.15) is 0 Å². The number of carbonyl (C=O) groups is 1. The van der Waals surface area contributed by atoms with Gasteiger partial charge in [-0.05, 0) is 37.5 Å². The van der Waals surface area contributed by atoms with Gasteiger partial charge >= 0.3 is 6.03 Å². The number of nitrogens with zero attached hydrogens (tertiary/aromatic N) is 1. The summed E-state index contributed by atoms with van der Waals surface area (Å²) < 4.78 is 5.93. The standard InChI is InChI=1S/C17H27N3O2S/c1-12-4-2-3-5-14(12)22-10-8-19-17(21)20-15(13-6-7-13)16-18-9-11-23-16/h9,11-15H,2-8,10H2,1H3,(H2,19,20,21)/t12-,14-,15+/m1/s1. The van der Waals surface area contributed by atoms with Gasteiger partial charge in [-0.25, -0.2) is 9.78 Å². The molecule has 0 radical (unpaired) electrons. The van der Waals surface area contributed by atoms with Crippen molar-refractivity contribution >= 4 is 17.4 Å². The van der Waals surface area contributed by atoms with Gasteiger partial charge in [0, 0.05) is 18.1 Å². The zero-order valence-electron chi connectivity index (χ0n) is 13.8. The van der Waals surface area contributed by atoms with Gasteiger partial charge in [-0.3, -0.25) is 0 Å². The number of aromatic nitrogens is 1. The maximum atomic E-state index is 12.1. The van der Waals surface area contributed by atoms with E-state index in [1.165, 1.54) is 32.1 Å². The molecule has 0 aliphatic heterocycles. The quantitative estimate of drug-likeness (QED) is 0.749. The van der Waals surface area contributed by atoms with Crippen LogP contribution in [0.4, 0.5) is 4.79 Å². The number of amides is 2. The highest BCUT2D eigenvalue weighted by Crippen LogP contribution is 2.41. The van der Waals surface area contributed by atoms with Crippen LogP contribution in [0, 0.1) is 11.8 Å². The van der Waals surface area contributed by atoms with E-state index in [2.05, 4.69) is 22.5 Å². The Hall–Kier alpha value is -1.14. The van der Waals surface area contributed by atoms with Crippen LogP contribution in [-0.2, 0) is 4.74 Å². The average molecular weight is 337 g/mol. The first kappa shape index (κ1) is 16.7. The van der Waals surface area contributed by atoms with Crippen molar-refractivity contribution in [2.45, 2.75) is 57.6 Å². The summed E-state index contributed by atoms with van der Waals surface area (Å²) in [5, 5.41) is 8.96. The van der Waals surface area contributed by atoms with Crippen LogP contribution >= 0.6 is 11.3 Å². The fourth-order valence-electron chi connectivity index (χ4n) is 3.30. The monoisotopic (exact) mass is 337 g/mol.